The van der Waals surface area contributed by atoms with Crippen molar-refractivity contribution < 1.29 is 9.47 Å². The zero-order valence-electron chi connectivity index (χ0n) is 11.8. The number of methoxy groups -OCH3 is 1. The van der Waals surface area contributed by atoms with E-state index in [4.69, 9.17) is 9.47 Å². The largest absolute Gasteiger partial charge is 0.494 e. The van der Waals surface area contributed by atoms with Gasteiger partial charge in [-0.3, -0.25) is 0 Å². The van der Waals surface area contributed by atoms with Gasteiger partial charge in [-0.15, -0.1) is 0 Å². The summed E-state index contributed by atoms with van der Waals surface area (Å²) in [5.74, 6) is 0.837. The van der Waals surface area contributed by atoms with E-state index >= 15 is 0 Å². The van der Waals surface area contributed by atoms with E-state index in [1.54, 1.807) is 7.11 Å². The van der Waals surface area contributed by atoms with Gasteiger partial charge in [-0.25, -0.2) is 0 Å². The Morgan fingerprint density at radius 3 is 2.65 bits per heavy atom. The van der Waals surface area contributed by atoms with Crippen LogP contribution in [0.3, 0.4) is 0 Å². The van der Waals surface area contributed by atoms with Gasteiger partial charge in [0, 0.05) is 13.2 Å². The average molecular weight is 407 g/mol. The molecule has 1 atom stereocenters. The lowest BCUT2D eigenvalue weighted by Crippen LogP contribution is -2.25. The second-order valence-electron chi connectivity index (χ2n) is 5.05. The van der Waals surface area contributed by atoms with E-state index in [-0.39, 0.29) is 0 Å². The van der Waals surface area contributed by atoms with Gasteiger partial charge in [-0.05, 0) is 81.8 Å². The summed E-state index contributed by atoms with van der Waals surface area (Å²) in [5.41, 5.74) is 1.23. The molecule has 0 radical (unpaired) electrons. The number of hydrogen-bond acceptors (Lipinski definition) is 3. The van der Waals surface area contributed by atoms with Crippen LogP contribution in [0, 0.1) is 0 Å². The van der Waals surface area contributed by atoms with Crippen LogP contribution in [0.15, 0.2) is 21.1 Å². The highest BCUT2D eigenvalue weighted by molar-refractivity contribution is 9.11. The lowest BCUT2D eigenvalue weighted by molar-refractivity contribution is 0.0115. The molecular formula is C15H21Br2NO2. The van der Waals surface area contributed by atoms with E-state index in [0.29, 0.717) is 6.10 Å². The molecule has 1 aromatic rings. The highest BCUT2D eigenvalue weighted by Gasteiger charge is 2.13. The summed E-state index contributed by atoms with van der Waals surface area (Å²) in [6, 6.07) is 4.18. The van der Waals surface area contributed by atoms with Crippen molar-refractivity contribution in [3.05, 3.63) is 26.6 Å². The third-order valence-electron chi connectivity index (χ3n) is 3.51. The molecule has 5 heteroatoms. The molecule has 0 aliphatic carbocycles. The van der Waals surface area contributed by atoms with Crippen molar-refractivity contribution in [1.82, 2.24) is 5.32 Å². The molecule has 1 N–H and O–H groups in total. The molecule has 0 saturated carbocycles. The minimum absolute atomic E-state index is 0.450. The summed E-state index contributed by atoms with van der Waals surface area (Å²) in [6.45, 7) is 2.78. The lowest BCUT2D eigenvalue weighted by atomic mass is 10.1. The van der Waals surface area contributed by atoms with Gasteiger partial charge < -0.3 is 14.8 Å². The maximum Gasteiger partial charge on any atom is 0.147 e. The highest BCUT2D eigenvalue weighted by atomic mass is 79.9. The van der Waals surface area contributed by atoms with Gasteiger partial charge in [0.25, 0.3) is 0 Å². The van der Waals surface area contributed by atoms with Gasteiger partial charge in [-0.2, -0.15) is 0 Å². The monoisotopic (exact) mass is 405 g/mol. The summed E-state index contributed by atoms with van der Waals surface area (Å²) >= 11 is 7.05. The topological polar surface area (TPSA) is 30.5 Å². The van der Waals surface area contributed by atoms with Crippen molar-refractivity contribution in [2.45, 2.75) is 38.3 Å². The zero-order valence-corrected chi connectivity index (χ0v) is 14.9. The first kappa shape index (κ1) is 16.3. The van der Waals surface area contributed by atoms with Gasteiger partial charge in [0.2, 0.25) is 0 Å². The molecule has 112 valence electrons. The van der Waals surface area contributed by atoms with Gasteiger partial charge in [-0.1, -0.05) is 0 Å². The van der Waals surface area contributed by atoms with Gasteiger partial charge in [0.15, 0.2) is 0 Å². The summed E-state index contributed by atoms with van der Waals surface area (Å²) in [5, 5.41) is 3.48. The molecule has 1 aromatic carbocycles. The lowest BCUT2D eigenvalue weighted by Gasteiger charge is -2.22. The first-order chi connectivity index (χ1) is 9.70. The van der Waals surface area contributed by atoms with Crippen molar-refractivity contribution in [3.8, 4) is 5.75 Å². The molecule has 20 heavy (non-hydrogen) atoms. The molecule has 1 heterocycles. The molecule has 2 rings (SSSR count). The standard InChI is InChI=1S/C15H21Br2NO2/c1-19-15-13(16)8-11(9-14(15)17)10-18-6-5-12-4-2-3-7-20-12/h8-9,12,18H,2-7,10H2,1H3. The van der Waals surface area contributed by atoms with E-state index in [2.05, 4.69) is 49.3 Å². The Morgan fingerprint density at radius 1 is 1.30 bits per heavy atom. The van der Waals surface area contributed by atoms with Crippen LogP contribution in [-0.4, -0.2) is 26.4 Å². The maximum absolute atomic E-state index is 5.73. The second-order valence-corrected chi connectivity index (χ2v) is 6.76. The van der Waals surface area contributed by atoms with Crippen molar-refractivity contribution in [2.75, 3.05) is 20.3 Å². The molecule has 0 aromatic heterocycles. The zero-order chi connectivity index (χ0) is 14.4. The normalized spacial score (nSPS) is 19.1. The quantitative estimate of drug-likeness (QED) is 0.715. The molecule has 1 unspecified atom stereocenters. The van der Waals surface area contributed by atoms with Crippen LogP contribution in [-0.2, 0) is 11.3 Å². The Kier molecular flexibility index (Phi) is 6.81. The summed E-state index contributed by atoms with van der Waals surface area (Å²) in [6.07, 6.45) is 5.28. The van der Waals surface area contributed by atoms with E-state index < -0.39 is 0 Å². The van der Waals surface area contributed by atoms with Crippen molar-refractivity contribution >= 4 is 31.9 Å². The number of rotatable bonds is 6. The summed E-state index contributed by atoms with van der Waals surface area (Å²) in [4.78, 5) is 0. The fraction of sp³-hybridized carbons (Fsp3) is 0.600. The molecule has 1 aliphatic rings. The number of nitrogens with one attached hydrogen (secondary N) is 1. The van der Waals surface area contributed by atoms with E-state index in [0.717, 1.165) is 40.8 Å². The van der Waals surface area contributed by atoms with Crippen LogP contribution in [0.25, 0.3) is 0 Å². The number of ether oxygens (including phenoxy) is 2. The summed E-state index contributed by atoms with van der Waals surface area (Å²) in [7, 11) is 1.67. The second kappa shape index (κ2) is 8.37. The predicted molar refractivity (Wildman–Crippen MR) is 88.3 cm³/mol. The van der Waals surface area contributed by atoms with Crippen LogP contribution < -0.4 is 10.1 Å². The number of halogens is 2. The molecule has 1 fully saturated rings. The maximum atomic E-state index is 5.73. The molecule has 3 nitrogen and oxygen atoms in total. The summed E-state index contributed by atoms with van der Waals surface area (Å²) < 4.78 is 13.0. The Balaban J connectivity index is 1.76. The van der Waals surface area contributed by atoms with E-state index in [1.807, 2.05) is 0 Å². The van der Waals surface area contributed by atoms with Crippen LogP contribution in [0.2, 0.25) is 0 Å². The molecule has 1 aliphatic heterocycles. The smallest absolute Gasteiger partial charge is 0.147 e. The first-order valence-electron chi connectivity index (χ1n) is 7.05. The van der Waals surface area contributed by atoms with Crippen molar-refractivity contribution in [1.29, 1.82) is 0 Å². The Hall–Kier alpha value is -0.100. The molecule has 1 saturated heterocycles. The van der Waals surface area contributed by atoms with Gasteiger partial charge in [0.05, 0.1) is 22.2 Å². The highest BCUT2D eigenvalue weighted by Crippen LogP contribution is 2.34. The van der Waals surface area contributed by atoms with Crippen LogP contribution in [0.5, 0.6) is 5.75 Å². The predicted octanol–water partition coefficient (Wildman–Crippen LogP) is 4.27. The number of benzene rings is 1. The van der Waals surface area contributed by atoms with Gasteiger partial charge >= 0.3 is 0 Å². The SMILES string of the molecule is COc1c(Br)cc(CNCCC2CCCCO2)cc1Br. The Morgan fingerprint density at radius 2 is 2.05 bits per heavy atom. The minimum Gasteiger partial charge on any atom is -0.494 e. The van der Waals surface area contributed by atoms with E-state index in [1.165, 1.54) is 24.8 Å². The van der Waals surface area contributed by atoms with Gasteiger partial charge in [0.1, 0.15) is 5.75 Å². The average Bonchev–Trinajstić information content (AvgIpc) is 2.44. The first-order valence-corrected chi connectivity index (χ1v) is 8.63. The fourth-order valence-electron chi connectivity index (χ4n) is 2.44. The molecule has 0 bridgehead atoms. The molecule has 0 spiro atoms. The Labute approximate surface area is 137 Å². The number of hydrogen-bond donors (Lipinski definition) is 1. The third-order valence-corrected chi connectivity index (χ3v) is 4.69. The van der Waals surface area contributed by atoms with Crippen molar-refractivity contribution in [3.63, 3.8) is 0 Å². The van der Waals surface area contributed by atoms with Crippen LogP contribution in [0.1, 0.15) is 31.2 Å². The third kappa shape index (κ3) is 4.72. The van der Waals surface area contributed by atoms with E-state index in [9.17, 15) is 0 Å². The Bertz CT molecular complexity index is 411. The minimum atomic E-state index is 0.450. The fourth-order valence-corrected chi connectivity index (χ4v) is 4.05. The van der Waals surface area contributed by atoms with Crippen molar-refractivity contribution in [2.24, 2.45) is 0 Å². The van der Waals surface area contributed by atoms with Crippen LogP contribution in [0.4, 0.5) is 0 Å². The molecule has 0 amide bonds. The molecular weight excluding hydrogens is 386 g/mol. The van der Waals surface area contributed by atoms with Crippen LogP contribution >= 0.6 is 31.9 Å².